The van der Waals surface area contributed by atoms with Crippen molar-refractivity contribution in [2.75, 3.05) is 27.2 Å². The first-order valence-electron chi connectivity index (χ1n) is 9.78. The van der Waals surface area contributed by atoms with Gasteiger partial charge in [0.2, 0.25) is 0 Å². The van der Waals surface area contributed by atoms with E-state index in [-0.39, 0.29) is 11.7 Å². The Morgan fingerprint density at radius 3 is 2.67 bits per heavy atom. The van der Waals surface area contributed by atoms with Crippen LogP contribution in [0.4, 0.5) is 0 Å². The van der Waals surface area contributed by atoms with E-state index in [4.69, 9.17) is 0 Å². The maximum atomic E-state index is 12.5. The highest BCUT2D eigenvalue weighted by molar-refractivity contribution is 5.95. The van der Waals surface area contributed by atoms with E-state index in [1.807, 2.05) is 20.2 Å². The van der Waals surface area contributed by atoms with Crippen molar-refractivity contribution in [3.05, 3.63) is 70.1 Å². The summed E-state index contributed by atoms with van der Waals surface area (Å²) >= 11 is 0. The van der Waals surface area contributed by atoms with Crippen LogP contribution in [0.25, 0.3) is 22.5 Å². The second kappa shape index (κ2) is 9.37. The molecule has 30 heavy (non-hydrogen) atoms. The summed E-state index contributed by atoms with van der Waals surface area (Å²) in [5, 5.41) is 12.7. The number of aryl methyl sites for hydroxylation is 1. The van der Waals surface area contributed by atoms with Crippen LogP contribution in [-0.2, 0) is 0 Å². The van der Waals surface area contributed by atoms with Crippen LogP contribution >= 0.6 is 0 Å². The van der Waals surface area contributed by atoms with Crippen molar-refractivity contribution < 1.29 is 9.90 Å². The van der Waals surface area contributed by atoms with Gasteiger partial charge in [-0.25, -0.2) is 4.79 Å². The summed E-state index contributed by atoms with van der Waals surface area (Å²) < 4.78 is 0. The van der Waals surface area contributed by atoms with E-state index in [1.54, 1.807) is 49.4 Å². The summed E-state index contributed by atoms with van der Waals surface area (Å²) in [6.07, 6.45) is 0.867. The van der Waals surface area contributed by atoms with Crippen LogP contribution in [0.15, 0.2) is 53.3 Å². The smallest absolute Gasteiger partial charge is 0.345 e. The summed E-state index contributed by atoms with van der Waals surface area (Å²) in [5.74, 6) is 0.0366. The largest absolute Gasteiger partial charge is 0.508 e. The minimum Gasteiger partial charge on any atom is -0.508 e. The molecule has 3 N–H and O–H groups in total. The second-order valence-corrected chi connectivity index (χ2v) is 7.48. The van der Waals surface area contributed by atoms with Gasteiger partial charge in [-0.05, 0) is 81.5 Å². The highest BCUT2D eigenvalue weighted by Crippen LogP contribution is 2.26. The minimum atomic E-state index is -0.480. The molecule has 1 heterocycles. The molecule has 1 aromatic heterocycles. The Kier molecular flexibility index (Phi) is 6.64. The van der Waals surface area contributed by atoms with Gasteiger partial charge in [-0.15, -0.1) is 0 Å². The lowest BCUT2D eigenvalue weighted by Gasteiger charge is -2.11. The van der Waals surface area contributed by atoms with Gasteiger partial charge in [0.15, 0.2) is 0 Å². The third kappa shape index (κ3) is 5.33. The molecule has 0 atom stereocenters. The van der Waals surface area contributed by atoms with Crippen LogP contribution in [0.3, 0.4) is 0 Å². The minimum absolute atomic E-state index is 0.151. The van der Waals surface area contributed by atoms with Crippen LogP contribution in [0, 0.1) is 6.92 Å². The molecule has 0 spiro atoms. The third-order valence-electron chi connectivity index (χ3n) is 4.74. The van der Waals surface area contributed by atoms with E-state index < -0.39 is 5.69 Å². The molecule has 0 aliphatic carbocycles. The first-order valence-corrected chi connectivity index (χ1v) is 9.78. The average Bonchev–Trinajstić information content (AvgIpc) is 2.72. The molecule has 0 aliphatic rings. The SMILES string of the molecule is Cc1cc(-c2cc(-c3cccc(C(=O)NCCCN(C)C)c3)[nH]c(=O)n2)ccc1O. The fourth-order valence-electron chi connectivity index (χ4n) is 3.10. The highest BCUT2D eigenvalue weighted by Gasteiger charge is 2.10. The number of H-pyrrole nitrogens is 1. The number of benzene rings is 2. The fraction of sp³-hybridized carbons (Fsp3) is 0.261. The number of hydrogen-bond donors (Lipinski definition) is 3. The predicted octanol–water partition coefficient (Wildman–Crippen LogP) is 2.80. The van der Waals surface area contributed by atoms with Crippen LogP contribution in [0.5, 0.6) is 5.75 Å². The number of rotatable bonds is 7. The van der Waals surface area contributed by atoms with Gasteiger partial charge in [0, 0.05) is 17.7 Å². The average molecular weight is 406 g/mol. The standard InChI is InChI=1S/C23H26N4O3/c1-15-12-17(8-9-21(15)28)20-14-19(25-23(30)26-20)16-6-4-7-18(13-16)22(29)24-10-5-11-27(2)3/h4,6-9,12-14,28H,5,10-11H2,1-3H3,(H,24,29)(H,25,26,30). The Morgan fingerprint density at radius 1 is 1.13 bits per heavy atom. The number of aromatic amines is 1. The summed E-state index contributed by atoms with van der Waals surface area (Å²) in [5.41, 5.74) is 3.25. The van der Waals surface area contributed by atoms with E-state index in [0.29, 0.717) is 34.6 Å². The zero-order valence-corrected chi connectivity index (χ0v) is 17.4. The number of carbonyl (C=O) groups is 1. The monoisotopic (exact) mass is 406 g/mol. The van der Waals surface area contributed by atoms with Gasteiger partial charge >= 0.3 is 5.69 Å². The molecule has 0 saturated heterocycles. The van der Waals surface area contributed by atoms with Crippen molar-refractivity contribution in [3.63, 3.8) is 0 Å². The molecule has 3 rings (SSSR count). The number of phenols is 1. The molecular weight excluding hydrogens is 380 g/mol. The van der Waals surface area contributed by atoms with Gasteiger partial charge in [0.1, 0.15) is 5.75 Å². The molecule has 2 aromatic carbocycles. The molecule has 0 bridgehead atoms. The maximum absolute atomic E-state index is 12.5. The van der Waals surface area contributed by atoms with Gasteiger partial charge in [-0.3, -0.25) is 4.79 Å². The van der Waals surface area contributed by atoms with Gasteiger partial charge in [0.05, 0.1) is 11.4 Å². The molecule has 0 aliphatic heterocycles. The Bertz CT molecular complexity index is 1110. The topological polar surface area (TPSA) is 98.3 Å². The number of hydrogen-bond acceptors (Lipinski definition) is 5. The van der Waals surface area contributed by atoms with Crippen molar-refractivity contribution in [3.8, 4) is 28.3 Å². The number of aromatic nitrogens is 2. The van der Waals surface area contributed by atoms with E-state index >= 15 is 0 Å². The molecule has 3 aromatic rings. The fourth-order valence-corrected chi connectivity index (χ4v) is 3.10. The van der Waals surface area contributed by atoms with Crippen LogP contribution in [-0.4, -0.2) is 53.1 Å². The van der Waals surface area contributed by atoms with Crippen molar-refractivity contribution in [1.82, 2.24) is 20.2 Å². The summed E-state index contributed by atoms with van der Waals surface area (Å²) in [6, 6.07) is 13.9. The number of amides is 1. The summed E-state index contributed by atoms with van der Waals surface area (Å²) in [4.78, 5) is 33.5. The van der Waals surface area contributed by atoms with Gasteiger partial charge in [0.25, 0.3) is 5.91 Å². The van der Waals surface area contributed by atoms with Gasteiger partial charge < -0.3 is 20.3 Å². The summed E-state index contributed by atoms with van der Waals surface area (Å²) in [7, 11) is 3.99. The van der Waals surface area contributed by atoms with Crippen LogP contribution in [0.2, 0.25) is 0 Å². The maximum Gasteiger partial charge on any atom is 0.345 e. The first-order chi connectivity index (χ1) is 14.3. The zero-order valence-electron chi connectivity index (χ0n) is 17.4. The lowest BCUT2D eigenvalue weighted by Crippen LogP contribution is -2.27. The molecule has 0 radical (unpaired) electrons. The lowest BCUT2D eigenvalue weighted by atomic mass is 10.0. The normalized spacial score (nSPS) is 10.9. The van der Waals surface area contributed by atoms with Crippen molar-refractivity contribution >= 4 is 5.91 Å². The van der Waals surface area contributed by atoms with E-state index in [2.05, 4.69) is 20.2 Å². The van der Waals surface area contributed by atoms with E-state index in [1.165, 1.54) is 0 Å². The zero-order chi connectivity index (χ0) is 21.7. The number of carbonyl (C=O) groups excluding carboxylic acids is 1. The Balaban J connectivity index is 1.85. The number of nitrogens with zero attached hydrogens (tertiary/aromatic N) is 2. The van der Waals surface area contributed by atoms with Gasteiger partial charge in [-0.2, -0.15) is 4.98 Å². The molecule has 0 unspecified atom stereocenters. The second-order valence-electron chi connectivity index (χ2n) is 7.48. The molecule has 7 heteroatoms. The third-order valence-corrected chi connectivity index (χ3v) is 4.74. The van der Waals surface area contributed by atoms with E-state index in [9.17, 15) is 14.7 Å². The molecule has 1 amide bonds. The Hall–Kier alpha value is -3.45. The van der Waals surface area contributed by atoms with Crippen molar-refractivity contribution in [2.45, 2.75) is 13.3 Å². The quantitative estimate of drug-likeness (QED) is 0.524. The Morgan fingerprint density at radius 2 is 1.93 bits per heavy atom. The Labute approximate surface area is 175 Å². The molecular formula is C23H26N4O3. The molecule has 7 nitrogen and oxygen atoms in total. The lowest BCUT2D eigenvalue weighted by molar-refractivity contribution is 0.0952. The van der Waals surface area contributed by atoms with Crippen LogP contribution < -0.4 is 11.0 Å². The first kappa shape index (κ1) is 21.3. The van der Waals surface area contributed by atoms with Crippen molar-refractivity contribution in [2.24, 2.45) is 0 Å². The predicted molar refractivity (Wildman–Crippen MR) is 118 cm³/mol. The number of aromatic hydroxyl groups is 1. The highest BCUT2D eigenvalue weighted by atomic mass is 16.3. The van der Waals surface area contributed by atoms with Crippen LogP contribution in [0.1, 0.15) is 22.3 Å². The molecule has 156 valence electrons. The number of nitrogens with one attached hydrogen (secondary N) is 2. The molecule has 0 saturated carbocycles. The number of phenolic OH excluding ortho intramolecular Hbond substituents is 1. The van der Waals surface area contributed by atoms with Crippen molar-refractivity contribution in [1.29, 1.82) is 0 Å². The summed E-state index contributed by atoms with van der Waals surface area (Å²) in [6.45, 7) is 3.28. The van der Waals surface area contributed by atoms with Gasteiger partial charge in [-0.1, -0.05) is 12.1 Å². The molecule has 0 fully saturated rings. The van der Waals surface area contributed by atoms with E-state index in [0.717, 1.165) is 18.5 Å².